The molecule has 31 heavy (non-hydrogen) atoms. The molecule has 0 N–H and O–H groups in total. The van der Waals surface area contributed by atoms with Crippen molar-refractivity contribution in [3.8, 4) is 0 Å². The van der Waals surface area contributed by atoms with Crippen molar-refractivity contribution in [1.29, 1.82) is 0 Å². The summed E-state index contributed by atoms with van der Waals surface area (Å²) in [6.07, 6.45) is 3.74. The summed E-state index contributed by atoms with van der Waals surface area (Å²) < 4.78 is 5.75. The van der Waals surface area contributed by atoms with Gasteiger partial charge in [0.15, 0.2) is 0 Å². The third kappa shape index (κ3) is 3.47. The fourth-order valence-corrected chi connectivity index (χ4v) is 4.89. The second kappa shape index (κ2) is 7.97. The number of anilines is 1. The Bertz CT molecular complexity index is 1080. The topological polar surface area (TPSA) is 49.9 Å². The number of benzene rings is 2. The fourth-order valence-electron chi connectivity index (χ4n) is 4.89. The third-order valence-corrected chi connectivity index (χ3v) is 6.73. The van der Waals surface area contributed by atoms with Gasteiger partial charge in [0.2, 0.25) is 0 Å². The molecule has 0 bridgehead atoms. The highest BCUT2D eigenvalue weighted by Gasteiger charge is 2.43. The van der Waals surface area contributed by atoms with Crippen molar-refractivity contribution < 1.29 is 14.3 Å². The number of ether oxygens (including phenoxy) is 1. The van der Waals surface area contributed by atoms with E-state index in [0.717, 1.165) is 49.0 Å². The second-order valence-corrected chi connectivity index (χ2v) is 8.76. The monoisotopic (exact) mass is 416 g/mol. The number of fused-ring (bicyclic) bond motifs is 1. The predicted octanol–water partition coefficient (Wildman–Crippen LogP) is 4.02. The Balaban J connectivity index is 1.62. The van der Waals surface area contributed by atoms with Crippen molar-refractivity contribution in [2.75, 3.05) is 24.6 Å². The summed E-state index contributed by atoms with van der Waals surface area (Å²) in [6, 6.07) is 14.2. The maximum atomic E-state index is 13.7. The highest BCUT2D eigenvalue weighted by atomic mass is 16.5. The number of imide groups is 1. The van der Waals surface area contributed by atoms with E-state index >= 15 is 0 Å². The van der Waals surface area contributed by atoms with Gasteiger partial charge in [-0.25, -0.2) is 0 Å². The van der Waals surface area contributed by atoms with Crippen molar-refractivity contribution in [3.05, 3.63) is 70.4 Å². The van der Waals surface area contributed by atoms with Crippen LogP contribution >= 0.6 is 0 Å². The van der Waals surface area contributed by atoms with E-state index in [0.29, 0.717) is 24.4 Å². The molecule has 3 heterocycles. The molecular weight excluding hydrogens is 388 g/mol. The van der Waals surface area contributed by atoms with E-state index in [2.05, 4.69) is 24.0 Å². The lowest BCUT2D eigenvalue weighted by atomic mass is 9.97. The molecule has 2 aromatic carbocycles. The van der Waals surface area contributed by atoms with Gasteiger partial charge in [0.25, 0.3) is 11.8 Å². The Morgan fingerprint density at radius 2 is 1.84 bits per heavy atom. The van der Waals surface area contributed by atoms with Crippen LogP contribution in [-0.4, -0.2) is 42.5 Å². The standard InChI is InChI=1S/C26H28N2O3/c1-17-11-12-20(15-18(17)2)23-24(27-13-5-8-19-7-3-4-10-22(19)27)26(30)28(25(23)29)16-21-9-6-14-31-21/h3-4,7,10-12,15,21H,5-6,8-9,13-14,16H2,1-2H3. The van der Waals surface area contributed by atoms with Crippen LogP contribution < -0.4 is 4.90 Å². The normalized spacial score (nSPS) is 21.3. The molecule has 0 aromatic heterocycles. The minimum absolute atomic E-state index is 0.0677. The molecule has 0 radical (unpaired) electrons. The molecule has 160 valence electrons. The number of para-hydroxylation sites is 1. The molecule has 2 amide bonds. The Morgan fingerprint density at radius 3 is 2.61 bits per heavy atom. The van der Waals surface area contributed by atoms with E-state index in [9.17, 15) is 9.59 Å². The maximum Gasteiger partial charge on any atom is 0.278 e. The van der Waals surface area contributed by atoms with Crippen LogP contribution in [0.25, 0.3) is 5.57 Å². The van der Waals surface area contributed by atoms with Gasteiger partial charge in [-0.1, -0.05) is 36.4 Å². The van der Waals surface area contributed by atoms with Crippen molar-refractivity contribution in [3.63, 3.8) is 0 Å². The van der Waals surface area contributed by atoms with Crippen molar-refractivity contribution in [2.45, 2.75) is 45.6 Å². The van der Waals surface area contributed by atoms with Crippen LogP contribution in [0.5, 0.6) is 0 Å². The van der Waals surface area contributed by atoms with Crippen LogP contribution in [0.15, 0.2) is 48.2 Å². The Morgan fingerprint density at radius 1 is 1.00 bits per heavy atom. The van der Waals surface area contributed by atoms with Crippen LogP contribution in [0, 0.1) is 13.8 Å². The molecule has 2 aromatic rings. The Kier molecular flexibility index (Phi) is 5.14. The average molecular weight is 417 g/mol. The molecule has 3 aliphatic rings. The molecule has 1 saturated heterocycles. The SMILES string of the molecule is Cc1ccc(C2=C(N3CCCc4ccccc43)C(=O)N(CC3CCCO3)C2=O)cc1C. The number of carbonyl (C=O) groups is 2. The number of aryl methyl sites for hydroxylation is 3. The average Bonchev–Trinajstić information content (AvgIpc) is 3.38. The van der Waals surface area contributed by atoms with Gasteiger partial charge in [-0.3, -0.25) is 14.5 Å². The zero-order valence-electron chi connectivity index (χ0n) is 18.2. The van der Waals surface area contributed by atoms with E-state index in [-0.39, 0.29) is 17.9 Å². The molecule has 1 atom stereocenters. The van der Waals surface area contributed by atoms with Crippen LogP contribution in [0.3, 0.4) is 0 Å². The van der Waals surface area contributed by atoms with Gasteiger partial charge < -0.3 is 9.64 Å². The first-order valence-corrected chi connectivity index (χ1v) is 11.2. The molecular formula is C26H28N2O3. The Labute approximate surface area is 183 Å². The summed E-state index contributed by atoms with van der Waals surface area (Å²) in [6.45, 7) is 5.85. The number of amides is 2. The number of hydrogen-bond donors (Lipinski definition) is 0. The van der Waals surface area contributed by atoms with E-state index < -0.39 is 0 Å². The highest BCUT2D eigenvalue weighted by Crippen LogP contribution is 2.38. The van der Waals surface area contributed by atoms with Gasteiger partial charge in [-0.15, -0.1) is 0 Å². The predicted molar refractivity (Wildman–Crippen MR) is 121 cm³/mol. The van der Waals surface area contributed by atoms with E-state index in [1.165, 1.54) is 16.0 Å². The fraction of sp³-hybridized carbons (Fsp3) is 0.385. The molecule has 0 aliphatic carbocycles. The molecule has 5 nitrogen and oxygen atoms in total. The van der Waals surface area contributed by atoms with E-state index in [1.54, 1.807) is 0 Å². The van der Waals surface area contributed by atoms with E-state index in [4.69, 9.17) is 4.74 Å². The summed E-state index contributed by atoms with van der Waals surface area (Å²) in [7, 11) is 0. The van der Waals surface area contributed by atoms with Crippen LogP contribution in [-0.2, 0) is 20.7 Å². The minimum atomic E-state index is -0.207. The number of hydrogen-bond acceptors (Lipinski definition) is 4. The first-order valence-electron chi connectivity index (χ1n) is 11.2. The largest absolute Gasteiger partial charge is 0.376 e. The number of rotatable bonds is 4. The molecule has 0 saturated carbocycles. The summed E-state index contributed by atoms with van der Waals surface area (Å²) in [5, 5.41) is 0. The van der Waals surface area contributed by atoms with Crippen molar-refractivity contribution in [1.82, 2.24) is 4.90 Å². The molecule has 0 spiro atoms. The quantitative estimate of drug-likeness (QED) is 0.707. The lowest BCUT2D eigenvalue weighted by Gasteiger charge is -2.32. The highest BCUT2D eigenvalue weighted by molar-refractivity contribution is 6.36. The smallest absolute Gasteiger partial charge is 0.278 e. The first-order chi connectivity index (χ1) is 15.0. The lowest BCUT2D eigenvalue weighted by Crippen LogP contribution is -2.40. The molecule has 3 aliphatic heterocycles. The van der Waals surface area contributed by atoms with Gasteiger partial charge >= 0.3 is 0 Å². The van der Waals surface area contributed by atoms with Crippen molar-refractivity contribution >= 4 is 23.1 Å². The van der Waals surface area contributed by atoms with Crippen LogP contribution in [0.1, 0.15) is 41.5 Å². The maximum absolute atomic E-state index is 13.7. The molecule has 1 fully saturated rings. The summed E-state index contributed by atoms with van der Waals surface area (Å²) >= 11 is 0. The van der Waals surface area contributed by atoms with Gasteiger partial charge in [0, 0.05) is 18.8 Å². The number of nitrogens with zero attached hydrogens (tertiary/aromatic N) is 2. The second-order valence-electron chi connectivity index (χ2n) is 8.76. The molecule has 5 heteroatoms. The summed E-state index contributed by atoms with van der Waals surface area (Å²) in [5.74, 6) is -0.410. The third-order valence-electron chi connectivity index (χ3n) is 6.73. The van der Waals surface area contributed by atoms with Crippen LogP contribution in [0.2, 0.25) is 0 Å². The lowest BCUT2D eigenvalue weighted by molar-refractivity contribution is -0.138. The Hall–Kier alpha value is -2.92. The zero-order chi connectivity index (χ0) is 21.5. The van der Waals surface area contributed by atoms with Gasteiger partial charge in [-0.2, -0.15) is 0 Å². The van der Waals surface area contributed by atoms with Gasteiger partial charge in [0.1, 0.15) is 5.70 Å². The summed E-state index contributed by atoms with van der Waals surface area (Å²) in [4.78, 5) is 30.8. The van der Waals surface area contributed by atoms with E-state index in [1.807, 2.05) is 37.3 Å². The first kappa shape index (κ1) is 20.0. The van der Waals surface area contributed by atoms with Crippen LogP contribution in [0.4, 0.5) is 5.69 Å². The van der Waals surface area contributed by atoms with Gasteiger partial charge in [0.05, 0.1) is 18.2 Å². The molecule has 5 rings (SSSR count). The molecule has 1 unspecified atom stereocenters. The van der Waals surface area contributed by atoms with Gasteiger partial charge in [-0.05, 0) is 67.9 Å². The zero-order valence-corrected chi connectivity index (χ0v) is 18.2. The summed E-state index contributed by atoms with van der Waals surface area (Å²) in [5.41, 5.74) is 6.38. The van der Waals surface area contributed by atoms with Crippen molar-refractivity contribution in [2.24, 2.45) is 0 Å². The number of carbonyl (C=O) groups excluding carboxylic acids is 2. The minimum Gasteiger partial charge on any atom is -0.376 e.